The Morgan fingerprint density at radius 2 is 2.29 bits per heavy atom. The van der Waals surface area contributed by atoms with Gasteiger partial charge in [-0.15, -0.1) is 0 Å². The zero-order valence-electron chi connectivity index (χ0n) is 9.66. The van der Waals surface area contributed by atoms with E-state index in [4.69, 9.17) is 5.11 Å². The van der Waals surface area contributed by atoms with Gasteiger partial charge in [-0.05, 0) is 13.3 Å². The maximum atomic E-state index is 11.7. The normalized spacial score (nSPS) is 21.5. The molecule has 96 valence electrons. The minimum absolute atomic E-state index is 0.0241. The highest BCUT2D eigenvalue weighted by molar-refractivity contribution is 5.86. The first-order valence-electron chi connectivity index (χ1n) is 5.51. The molecule has 0 radical (unpaired) electrons. The third-order valence-electron chi connectivity index (χ3n) is 2.51. The van der Waals surface area contributed by atoms with Crippen molar-refractivity contribution in [2.24, 2.45) is 0 Å². The van der Waals surface area contributed by atoms with Crippen LogP contribution >= 0.6 is 0 Å². The van der Waals surface area contributed by atoms with Gasteiger partial charge < -0.3 is 15.7 Å². The molecule has 1 aliphatic rings. The van der Waals surface area contributed by atoms with Crippen LogP contribution in [0, 0.1) is 0 Å². The highest BCUT2D eigenvalue weighted by Crippen LogP contribution is 1.98. The highest BCUT2D eigenvalue weighted by atomic mass is 16.4. The highest BCUT2D eigenvalue weighted by Gasteiger charge is 2.24. The van der Waals surface area contributed by atoms with Crippen molar-refractivity contribution in [1.29, 1.82) is 0 Å². The lowest BCUT2D eigenvalue weighted by atomic mass is 10.1. The summed E-state index contributed by atoms with van der Waals surface area (Å²) in [4.78, 5) is 32.9. The second-order valence-electron chi connectivity index (χ2n) is 4.08. The van der Waals surface area contributed by atoms with Crippen LogP contribution in [-0.2, 0) is 14.4 Å². The molecule has 1 saturated heterocycles. The van der Waals surface area contributed by atoms with Crippen LogP contribution in [0.5, 0.6) is 0 Å². The lowest BCUT2D eigenvalue weighted by Crippen LogP contribution is -2.58. The molecule has 2 atom stereocenters. The van der Waals surface area contributed by atoms with Crippen LogP contribution in [0.1, 0.15) is 19.8 Å². The van der Waals surface area contributed by atoms with Crippen LogP contribution in [0.3, 0.4) is 0 Å². The van der Waals surface area contributed by atoms with Gasteiger partial charge in [0.25, 0.3) is 0 Å². The molecular formula is C10H17N3O4. The van der Waals surface area contributed by atoms with E-state index in [1.54, 1.807) is 6.92 Å². The van der Waals surface area contributed by atoms with Gasteiger partial charge >= 0.3 is 5.97 Å². The summed E-state index contributed by atoms with van der Waals surface area (Å²) in [5.41, 5.74) is 0. The standard InChI is InChI=1S/C10H17N3O4/c1-6(2-3-9(15)16)13-10(17)7-4-12-8(14)5-11-7/h6-7,11H,2-5H2,1H3,(H,12,14)(H,13,17)(H,15,16). The fourth-order valence-electron chi connectivity index (χ4n) is 1.51. The number of carbonyl (C=O) groups is 3. The van der Waals surface area contributed by atoms with E-state index in [0.717, 1.165) is 0 Å². The average molecular weight is 243 g/mol. The Kier molecular flexibility index (Phi) is 4.89. The maximum absolute atomic E-state index is 11.7. The fraction of sp³-hybridized carbons (Fsp3) is 0.700. The van der Waals surface area contributed by atoms with Crippen LogP contribution in [0.2, 0.25) is 0 Å². The molecule has 0 bridgehead atoms. The molecule has 0 saturated carbocycles. The van der Waals surface area contributed by atoms with E-state index in [9.17, 15) is 14.4 Å². The largest absolute Gasteiger partial charge is 0.481 e. The summed E-state index contributed by atoms with van der Waals surface area (Å²) >= 11 is 0. The van der Waals surface area contributed by atoms with Crippen molar-refractivity contribution in [1.82, 2.24) is 16.0 Å². The molecule has 0 spiro atoms. The second kappa shape index (κ2) is 6.19. The Labute approximate surface area is 98.9 Å². The lowest BCUT2D eigenvalue weighted by molar-refractivity contribution is -0.137. The SMILES string of the molecule is CC(CCC(=O)O)NC(=O)C1CNC(=O)CN1. The van der Waals surface area contributed by atoms with Gasteiger partial charge in [0.15, 0.2) is 0 Å². The van der Waals surface area contributed by atoms with Crippen LogP contribution < -0.4 is 16.0 Å². The summed E-state index contributed by atoms with van der Waals surface area (Å²) in [5.74, 6) is -1.23. The van der Waals surface area contributed by atoms with Crippen molar-refractivity contribution in [2.45, 2.75) is 31.8 Å². The number of rotatable bonds is 5. The van der Waals surface area contributed by atoms with Crippen molar-refractivity contribution < 1.29 is 19.5 Å². The Hall–Kier alpha value is -1.63. The first-order valence-corrected chi connectivity index (χ1v) is 5.51. The molecule has 0 aromatic heterocycles. The first kappa shape index (κ1) is 13.4. The van der Waals surface area contributed by atoms with Crippen molar-refractivity contribution in [3.05, 3.63) is 0 Å². The predicted molar refractivity (Wildman–Crippen MR) is 59.3 cm³/mol. The number of amides is 2. The van der Waals surface area contributed by atoms with Gasteiger partial charge in [-0.25, -0.2) is 0 Å². The third kappa shape index (κ3) is 4.81. The van der Waals surface area contributed by atoms with E-state index in [2.05, 4.69) is 16.0 Å². The quantitative estimate of drug-likeness (QED) is 0.467. The van der Waals surface area contributed by atoms with Gasteiger partial charge in [-0.3, -0.25) is 19.7 Å². The predicted octanol–water partition coefficient (Wildman–Crippen LogP) is -1.56. The second-order valence-corrected chi connectivity index (χ2v) is 4.08. The molecule has 7 nitrogen and oxygen atoms in total. The molecule has 7 heteroatoms. The van der Waals surface area contributed by atoms with E-state index in [1.165, 1.54) is 0 Å². The Morgan fingerprint density at radius 1 is 1.59 bits per heavy atom. The number of hydrogen-bond donors (Lipinski definition) is 4. The van der Waals surface area contributed by atoms with Crippen molar-refractivity contribution >= 4 is 17.8 Å². The summed E-state index contributed by atoms with van der Waals surface area (Å²) in [7, 11) is 0. The van der Waals surface area contributed by atoms with Gasteiger partial charge in [-0.1, -0.05) is 0 Å². The van der Waals surface area contributed by atoms with Crippen LogP contribution in [0.25, 0.3) is 0 Å². The number of carboxylic acids is 1. The molecule has 2 unspecified atom stereocenters. The molecule has 2 amide bonds. The van der Waals surface area contributed by atoms with Crippen LogP contribution in [-0.4, -0.2) is 48.1 Å². The van der Waals surface area contributed by atoms with Crippen molar-refractivity contribution in [3.8, 4) is 0 Å². The lowest BCUT2D eigenvalue weighted by Gasteiger charge is -2.24. The van der Waals surface area contributed by atoms with Crippen molar-refractivity contribution in [3.63, 3.8) is 0 Å². The summed E-state index contributed by atoms with van der Waals surface area (Å²) in [6, 6.07) is -0.641. The number of nitrogens with one attached hydrogen (secondary N) is 3. The average Bonchev–Trinajstić information content (AvgIpc) is 2.27. The molecule has 0 aliphatic carbocycles. The van der Waals surface area contributed by atoms with Gasteiger partial charge in [-0.2, -0.15) is 0 Å². The zero-order chi connectivity index (χ0) is 12.8. The molecule has 4 N–H and O–H groups in total. The molecular weight excluding hydrogens is 226 g/mol. The number of aliphatic carboxylic acids is 1. The van der Waals surface area contributed by atoms with Gasteiger partial charge in [0.05, 0.1) is 6.54 Å². The van der Waals surface area contributed by atoms with Gasteiger partial charge in [0, 0.05) is 19.0 Å². The van der Waals surface area contributed by atoms with E-state index in [0.29, 0.717) is 6.42 Å². The molecule has 1 aliphatic heterocycles. The Balaban J connectivity index is 2.28. The van der Waals surface area contributed by atoms with Gasteiger partial charge in [0.2, 0.25) is 11.8 Å². The molecule has 0 aromatic rings. The maximum Gasteiger partial charge on any atom is 0.303 e. The minimum atomic E-state index is -0.880. The monoisotopic (exact) mass is 243 g/mol. The number of carboxylic acid groups (broad SMARTS) is 1. The summed E-state index contributed by atoms with van der Waals surface area (Å²) in [5, 5.41) is 16.6. The van der Waals surface area contributed by atoms with E-state index >= 15 is 0 Å². The van der Waals surface area contributed by atoms with Crippen LogP contribution in [0.4, 0.5) is 0 Å². The Bertz CT molecular complexity index is 309. The summed E-state index contributed by atoms with van der Waals surface area (Å²) in [6.45, 7) is 2.14. The van der Waals surface area contributed by atoms with E-state index in [-0.39, 0.29) is 37.4 Å². The van der Waals surface area contributed by atoms with Crippen molar-refractivity contribution in [2.75, 3.05) is 13.1 Å². The fourth-order valence-corrected chi connectivity index (χ4v) is 1.51. The van der Waals surface area contributed by atoms with E-state index in [1.807, 2.05) is 0 Å². The zero-order valence-corrected chi connectivity index (χ0v) is 9.66. The smallest absolute Gasteiger partial charge is 0.303 e. The number of carbonyl (C=O) groups excluding carboxylic acids is 2. The Morgan fingerprint density at radius 3 is 2.82 bits per heavy atom. The molecule has 17 heavy (non-hydrogen) atoms. The van der Waals surface area contributed by atoms with Gasteiger partial charge in [0.1, 0.15) is 6.04 Å². The molecule has 0 aromatic carbocycles. The number of hydrogen-bond acceptors (Lipinski definition) is 4. The summed E-state index contributed by atoms with van der Waals surface area (Å²) in [6.07, 6.45) is 0.413. The first-order chi connectivity index (χ1) is 7.99. The van der Waals surface area contributed by atoms with E-state index < -0.39 is 12.0 Å². The molecule has 1 rings (SSSR count). The number of piperazine rings is 1. The summed E-state index contributed by atoms with van der Waals surface area (Å²) < 4.78 is 0. The minimum Gasteiger partial charge on any atom is -0.481 e. The van der Waals surface area contributed by atoms with Crippen LogP contribution in [0.15, 0.2) is 0 Å². The third-order valence-corrected chi connectivity index (χ3v) is 2.51. The molecule has 1 fully saturated rings. The molecule has 1 heterocycles. The topological polar surface area (TPSA) is 108 Å².